The molecule has 0 saturated carbocycles. The molecule has 1 aromatic heterocycles. The number of benzene rings is 2. The van der Waals surface area contributed by atoms with Gasteiger partial charge in [-0.1, -0.05) is 11.6 Å². The molecule has 3 aromatic rings. The first kappa shape index (κ1) is 27.6. The van der Waals surface area contributed by atoms with Crippen LogP contribution in [0.2, 0.25) is 5.02 Å². The van der Waals surface area contributed by atoms with E-state index < -0.39 is 40.0 Å². The number of halogens is 5. The van der Waals surface area contributed by atoms with Crippen LogP contribution >= 0.6 is 11.6 Å². The highest BCUT2D eigenvalue weighted by molar-refractivity contribution is 6.32. The van der Waals surface area contributed by atoms with Crippen LogP contribution in [0.5, 0.6) is 17.4 Å². The van der Waals surface area contributed by atoms with Gasteiger partial charge in [-0.15, -0.1) is 0 Å². The van der Waals surface area contributed by atoms with E-state index in [0.717, 1.165) is 18.2 Å². The third kappa shape index (κ3) is 6.72. The van der Waals surface area contributed by atoms with E-state index in [-0.39, 0.29) is 35.6 Å². The Bertz CT molecular complexity index is 1350. The summed E-state index contributed by atoms with van der Waals surface area (Å²) in [4.78, 5) is 17.2. The average molecular weight is 555 g/mol. The highest BCUT2D eigenvalue weighted by atomic mass is 35.5. The van der Waals surface area contributed by atoms with Crippen LogP contribution in [0, 0.1) is 12.7 Å². The zero-order valence-corrected chi connectivity index (χ0v) is 21.2. The summed E-state index contributed by atoms with van der Waals surface area (Å²) in [5.74, 6) is -2.24. The number of rotatable bonds is 7. The molecule has 1 amide bonds. The Labute approximate surface area is 220 Å². The molecule has 0 unspecified atom stereocenters. The van der Waals surface area contributed by atoms with Crippen molar-refractivity contribution in [1.29, 1.82) is 0 Å². The van der Waals surface area contributed by atoms with Crippen LogP contribution in [-0.2, 0) is 15.7 Å². The molecule has 4 rings (SSSR count). The van der Waals surface area contributed by atoms with Crippen LogP contribution in [0.25, 0.3) is 0 Å². The molecular formula is C26H23ClF4N2O5. The number of hydrogen-bond donors (Lipinski definition) is 1. The van der Waals surface area contributed by atoms with E-state index in [1.165, 1.54) is 31.3 Å². The molecular weight excluding hydrogens is 532 g/mol. The number of aryl methyl sites for hydroxylation is 1. The third-order valence-electron chi connectivity index (χ3n) is 5.45. The zero-order valence-electron chi connectivity index (χ0n) is 20.5. The lowest BCUT2D eigenvalue weighted by Crippen LogP contribution is -2.25. The number of carbonyl (C=O) groups excluding carboxylic acids is 1. The number of hydrogen-bond acceptors (Lipinski definition) is 6. The minimum atomic E-state index is -4.80. The van der Waals surface area contributed by atoms with E-state index in [1.54, 1.807) is 13.8 Å². The Balaban J connectivity index is 1.57. The number of aromatic nitrogens is 1. The minimum Gasteiger partial charge on any atom is -0.475 e. The predicted octanol–water partition coefficient (Wildman–Crippen LogP) is 6.78. The number of carbonyl (C=O) groups is 1. The molecule has 0 spiro atoms. The van der Waals surface area contributed by atoms with Crippen molar-refractivity contribution in [3.63, 3.8) is 0 Å². The lowest BCUT2D eigenvalue weighted by atomic mass is 10.1. The van der Waals surface area contributed by atoms with Crippen LogP contribution < -0.4 is 14.8 Å². The van der Waals surface area contributed by atoms with E-state index in [2.05, 4.69) is 10.3 Å². The predicted molar refractivity (Wildman–Crippen MR) is 130 cm³/mol. The second-order valence-corrected chi connectivity index (χ2v) is 9.34. The number of amides is 1. The number of anilines is 1. The topological polar surface area (TPSA) is 78.9 Å². The lowest BCUT2D eigenvalue weighted by molar-refractivity contribution is -0.141. The van der Waals surface area contributed by atoms with Crippen molar-refractivity contribution >= 4 is 23.2 Å². The van der Waals surface area contributed by atoms with Crippen molar-refractivity contribution in [2.75, 3.05) is 18.5 Å². The van der Waals surface area contributed by atoms with Gasteiger partial charge in [-0.05, 0) is 62.7 Å². The van der Waals surface area contributed by atoms with Gasteiger partial charge >= 0.3 is 6.18 Å². The highest BCUT2D eigenvalue weighted by Gasteiger charge is 2.35. The Morgan fingerprint density at radius 3 is 2.61 bits per heavy atom. The minimum absolute atomic E-state index is 0.0665. The Kier molecular flexibility index (Phi) is 7.82. The molecule has 1 fully saturated rings. The molecule has 0 bridgehead atoms. The van der Waals surface area contributed by atoms with Gasteiger partial charge in [0.05, 0.1) is 22.8 Å². The highest BCUT2D eigenvalue weighted by Crippen LogP contribution is 2.40. The molecule has 1 N–H and O–H groups in total. The molecule has 1 saturated heterocycles. The van der Waals surface area contributed by atoms with Crippen molar-refractivity contribution in [2.24, 2.45) is 0 Å². The van der Waals surface area contributed by atoms with Crippen LogP contribution in [0.3, 0.4) is 0 Å². The summed E-state index contributed by atoms with van der Waals surface area (Å²) in [6, 6.07) is 7.90. The second kappa shape index (κ2) is 10.8. The van der Waals surface area contributed by atoms with Crippen molar-refractivity contribution < 1.29 is 41.3 Å². The molecule has 7 nitrogen and oxygen atoms in total. The van der Waals surface area contributed by atoms with Crippen molar-refractivity contribution in [1.82, 2.24) is 4.98 Å². The van der Waals surface area contributed by atoms with Gasteiger partial charge in [0, 0.05) is 18.0 Å². The Morgan fingerprint density at radius 1 is 1.18 bits per heavy atom. The quantitative estimate of drug-likeness (QED) is 0.325. The van der Waals surface area contributed by atoms with Gasteiger partial charge < -0.3 is 24.3 Å². The third-order valence-corrected chi connectivity index (χ3v) is 5.77. The number of pyridine rings is 1. The first-order chi connectivity index (χ1) is 17.8. The monoisotopic (exact) mass is 554 g/mol. The largest absolute Gasteiger partial charge is 0.475 e. The van der Waals surface area contributed by atoms with Crippen LogP contribution in [0.1, 0.15) is 35.3 Å². The first-order valence-corrected chi connectivity index (χ1v) is 11.8. The molecule has 2 heterocycles. The maximum absolute atomic E-state index is 13.5. The van der Waals surface area contributed by atoms with Gasteiger partial charge in [0.1, 0.15) is 30.0 Å². The average Bonchev–Trinajstić information content (AvgIpc) is 3.18. The van der Waals surface area contributed by atoms with Gasteiger partial charge in [0.15, 0.2) is 5.79 Å². The maximum atomic E-state index is 13.5. The summed E-state index contributed by atoms with van der Waals surface area (Å²) in [7, 11) is 0. The molecule has 1 aliphatic heterocycles. The summed E-state index contributed by atoms with van der Waals surface area (Å²) in [6.45, 7) is 5.57. The molecule has 0 radical (unpaired) electrons. The summed E-state index contributed by atoms with van der Waals surface area (Å²) < 4.78 is 76.5. The van der Waals surface area contributed by atoms with Crippen LogP contribution in [0.15, 0.2) is 48.7 Å². The lowest BCUT2D eigenvalue weighted by Gasteiger charge is -2.17. The van der Waals surface area contributed by atoms with Crippen LogP contribution in [-0.4, -0.2) is 36.0 Å². The van der Waals surface area contributed by atoms with Crippen LogP contribution in [0.4, 0.5) is 23.2 Å². The Hall–Kier alpha value is -3.41. The number of nitrogens with zero attached hydrogens (tertiary/aromatic N) is 1. The van der Waals surface area contributed by atoms with E-state index in [4.69, 9.17) is 30.5 Å². The fraction of sp³-hybridized carbons (Fsp3) is 0.308. The molecule has 202 valence electrons. The smallest absolute Gasteiger partial charge is 0.417 e. The van der Waals surface area contributed by atoms with Crippen molar-refractivity contribution in [3.05, 3.63) is 76.2 Å². The van der Waals surface area contributed by atoms with E-state index in [1.807, 2.05) is 0 Å². The van der Waals surface area contributed by atoms with Gasteiger partial charge in [0.25, 0.3) is 5.91 Å². The summed E-state index contributed by atoms with van der Waals surface area (Å²) in [5, 5.41) is 1.89. The van der Waals surface area contributed by atoms with Gasteiger partial charge in [-0.3, -0.25) is 4.79 Å². The van der Waals surface area contributed by atoms with E-state index in [0.29, 0.717) is 18.2 Å². The molecule has 12 heteroatoms. The summed E-state index contributed by atoms with van der Waals surface area (Å²) >= 11 is 5.88. The summed E-state index contributed by atoms with van der Waals surface area (Å²) in [5.41, 5.74) is -0.893. The molecule has 38 heavy (non-hydrogen) atoms. The normalized spacial score (nSPS) is 16.8. The van der Waals surface area contributed by atoms with Crippen molar-refractivity contribution in [2.45, 2.75) is 38.8 Å². The van der Waals surface area contributed by atoms with Gasteiger partial charge in [0.2, 0.25) is 5.88 Å². The van der Waals surface area contributed by atoms with Gasteiger partial charge in [-0.2, -0.15) is 13.2 Å². The fourth-order valence-corrected chi connectivity index (χ4v) is 3.94. The second-order valence-electron chi connectivity index (χ2n) is 8.94. The molecule has 2 aromatic carbocycles. The number of nitrogens with one attached hydrogen (secondary N) is 1. The molecule has 0 aliphatic carbocycles. The Morgan fingerprint density at radius 2 is 1.95 bits per heavy atom. The summed E-state index contributed by atoms with van der Waals surface area (Å²) in [6.07, 6.45) is -3.73. The maximum Gasteiger partial charge on any atom is 0.417 e. The van der Waals surface area contributed by atoms with Crippen molar-refractivity contribution in [3.8, 4) is 17.4 Å². The van der Waals surface area contributed by atoms with E-state index in [9.17, 15) is 22.4 Å². The molecule has 1 atom stereocenters. The van der Waals surface area contributed by atoms with E-state index >= 15 is 0 Å². The fourth-order valence-electron chi connectivity index (χ4n) is 3.67. The molecule has 1 aliphatic rings. The zero-order chi connectivity index (χ0) is 27.7. The number of ether oxygens (including phenoxy) is 4. The standard InChI is InChI=1S/C26H23ClF4N2O5/c1-14-8-15(28)4-5-21(14)37-22-11-19(26(29,30)31)20(27)10-18(22)24(34)33-16-6-7-32-23(9-16)35-12-17-13-36-25(2,3)38-17/h4-11,17H,12-13H2,1-3H3,(H,32,33,34)/t17-/m0/s1. The van der Waals surface area contributed by atoms with Gasteiger partial charge in [-0.25, -0.2) is 9.37 Å². The first-order valence-electron chi connectivity index (χ1n) is 11.4. The SMILES string of the molecule is Cc1cc(F)ccc1Oc1cc(C(F)(F)F)c(Cl)cc1C(=O)Nc1ccnc(OC[C@H]2COC(C)(C)O2)c1. The number of alkyl halides is 3.